The number of benzene rings is 1. The predicted octanol–water partition coefficient (Wildman–Crippen LogP) is 1.05. The number of nitrogens with one attached hydrogen (secondary N) is 1. The van der Waals surface area contributed by atoms with Crippen LogP contribution in [0, 0.1) is 11.1 Å². The van der Waals surface area contributed by atoms with Gasteiger partial charge < -0.3 is 10.3 Å². The van der Waals surface area contributed by atoms with Gasteiger partial charge in [0, 0.05) is 31.1 Å². The van der Waals surface area contributed by atoms with E-state index in [0.29, 0.717) is 37.1 Å². The minimum atomic E-state index is -2.86. The molecule has 158 valence electrons. The second-order valence-corrected chi connectivity index (χ2v) is 10.6. The molecule has 1 aliphatic heterocycles. The van der Waals surface area contributed by atoms with Gasteiger partial charge in [0.1, 0.15) is 0 Å². The lowest BCUT2D eigenvalue weighted by Crippen LogP contribution is -3.03. The smallest absolute Gasteiger partial charge is 0.346 e. The van der Waals surface area contributed by atoms with Gasteiger partial charge in [0.25, 0.3) is 0 Å². The van der Waals surface area contributed by atoms with Crippen molar-refractivity contribution in [2.45, 2.75) is 19.4 Å². The van der Waals surface area contributed by atoms with E-state index in [1.807, 2.05) is 30.3 Å². The summed E-state index contributed by atoms with van der Waals surface area (Å²) >= 11 is 0. The van der Waals surface area contributed by atoms with Gasteiger partial charge in [-0.15, -0.1) is 0 Å². The van der Waals surface area contributed by atoms with Crippen LogP contribution in [0.3, 0.4) is 0 Å². The standard InChI is InChI=1S/C21H25N5O3S/c27-25(15-17-4-5-17)21-22-20-3-1-2-19(26(20)23-21)18-8-6-16(7-9-18)14-24-10-12-30(28,29)13-11-24/h1-3,6-9,17,25H,4-5,10-15H2. The van der Waals surface area contributed by atoms with Crippen molar-refractivity contribution in [3.8, 4) is 11.3 Å². The van der Waals surface area contributed by atoms with Crippen LogP contribution in [-0.4, -0.2) is 59.1 Å². The monoisotopic (exact) mass is 427 g/mol. The fourth-order valence-corrected chi connectivity index (χ4v) is 5.14. The second kappa shape index (κ2) is 7.73. The van der Waals surface area contributed by atoms with E-state index in [2.05, 4.69) is 27.1 Å². The van der Waals surface area contributed by atoms with Crippen molar-refractivity contribution in [3.05, 3.63) is 53.2 Å². The molecule has 1 saturated heterocycles. The van der Waals surface area contributed by atoms with Crippen LogP contribution in [0.2, 0.25) is 0 Å². The first kappa shape index (κ1) is 19.6. The Morgan fingerprint density at radius 2 is 1.80 bits per heavy atom. The number of nitrogens with zero attached hydrogens (tertiary/aromatic N) is 4. The summed E-state index contributed by atoms with van der Waals surface area (Å²) in [6, 6.07) is 14.0. The van der Waals surface area contributed by atoms with Crippen LogP contribution in [0.25, 0.3) is 16.9 Å². The Labute approximate surface area is 175 Å². The highest BCUT2D eigenvalue weighted by Crippen LogP contribution is 2.27. The van der Waals surface area contributed by atoms with Gasteiger partial charge in [-0.05, 0) is 30.5 Å². The van der Waals surface area contributed by atoms with Gasteiger partial charge in [-0.3, -0.25) is 4.90 Å². The summed E-state index contributed by atoms with van der Waals surface area (Å²) in [5.74, 6) is 1.28. The maximum atomic E-state index is 12.4. The zero-order chi connectivity index (χ0) is 20.7. The van der Waals surface area contributed by atoms with E-state index in [9.17, 15) is 13.6 Å². The molecule has 5 rings (SSSR count). The zero-order valence-corrected chi connectivity index (χ0v) is 17.5. The summed E-state index contributed by atoms with van der Waals surface area (Å²) in [5.41, 5.74) is 3.70. The van der Waals surface area contributed by atoms with E-state index in [-0.39, 0.29) is 16.6 Å². The van der Waals surface area contributed by atoms with E-state index in [4.69, 9.17) is 0 Å². The van der Waals surface area contributed by atoms with Crippen LogP contribution in [0.15, 0.2) is 42.5 Å². The first-order chi connectivity index (χ1) is 14.5. The lowest BCUT2D eigenvalue weighted by Gasteiger charge is -2.26. The van der Waals surface area contributed by atoms with Crippen molar-refractivity contribution in [1.82, 2.24) is 19.5 Å². The van der Waals surface area contributed by atoms with Gasteiger partial charge in [0.05, 0.1) is 23.7 Å². The molecule has 1 aliphatic carbocycles. The van der Waals surface area contributed by atoms with Gasteiger partial charge in [0.15, 0.2) is 15.5 Å². The third-order valence-electron chi connectivity index (χ3n) is 5.87. The minimum Gasteiger partial charge on any atom is -0.626 e. The third-order valence-corrected chi connectivity index (χ3v) is 7.48. The molecule has 2 aromatic heterocycles. The molecule has 1 N–H and O–H groups in total. The Bertz CT molecular complexity index is 1140. The van der Waals surface area contributed by atoms with Crippen LogP contribution in [0.5, 0.6) is 0 Å². The van der Waals surface area contributed by atoms with Crippen LogP contribution >= 0.6 is 0 Å². The average molecular weight is 428 g/mol. The Morgan fingerprint density at radius 3 is 2.50 bits per heavy atom. The molecule has 1 atom stereocenters. The van der Waals surface area contributed by atoms with Gasteiger partial charge in [0.2, 0.25) is 0 Å². The van der Waals surface area contributed by atoms with Gasteiger partial charge in [-0.1, -0.05) is 35.4 Å². The highest BCUT2D eigenvalue weighted by molar-refractivity contribution is 7.91. The first-order valence-electron chi connectivity index (χ1n) is 10.4. The molecule has 1 unspecified atom stereocenters. The summed E-state index contributed by atoms with van der Waals surface area (Å²) < 4.78 is 24.9. The zero-order valence-electron chi connectivity index (χ0n) is 16.7. The number of hydrogen-bond donors (Lipinski definition) is 1. The minimum absolute atomic E-state index is 0.0195. The Kier molecular flexibility index (Phi) is 5.06. The first-order valence-corrected chi connectivity index (χ1v) is 12.2. The van der Waals surface area contributed by atoms with Gasteiger partial charge >= 0.3 is 5.95 Å². The second-order valence-electron chi connectivity index (χ2n) is 8.31. The SMILES string of the molecule is O=S1(=O)CCN(Cc2ccc(-c3cccc4nc([NH+]([O-])CC5CC5)nn34)cc2)CC1. The molecule has 3 aromatic rings. The maximum Gasteiger partial charge on any atom is 0.346 e. The molecular weight excluding hydrogens is 402 g/mol. The summed E-state index contributed by atoms with van der Waals surface area (Å²) in [4.78, 5) is 6.61. The fourth-order valence-electron chi connectivity index (χ4n) is 3.86. The molecule has 30 heavy (non-hydrogen) atoms. The molecule has 1 saturated carbocycles. The van der Waals surface area contributed by atoms with E-state index in [1.54, 1.807) is 4.52 Å². The molecule has 0 amide bonds. The Hall–Kier alpha value is -2.33. The summed E-state index contributed by atoms with van der Waals surface area (Å²) in [6.07, 6.45) is 2.26. The van der Waals surface area contributed by atoms with Crippen LogP contribution in [0.1, 0.15) is 18.4 Å². The quantitative estimate of drug-likeness (QED) is 0.591. The number of hydroxylamine groups is 1. The fraction of sp³-hybridized carbons (Fsp3) is 0.429. The van der Waals surface area contributed by atoms with Crippen LogP contribution in [0.4, 0.5) is 5.95 Å². The molecule has 1 aromatic carbocycles. The lowest BCUT2D eigenvalue weighted by molar-refractivity contribution is -0.784. The lowest BCUT2D eigenvalue weighted by atomic mass is 10.1. The van der Waals surface area contributed by atoms with Gasteiger partial charge in [-0.25, -0.2) is 12.9 Å². The highest BCUT2D eigenvalue weighted by atomic mass is 32.2. The molecule has 2 aliphatic rings. The predicted molar refractivity (Wildman–Crippen MR) is 114 cm³/mol. The topological polar surface area (TPSA) is 95.1 Å². The van der Waals surface area contributed by atoms with E-state index in [1.165, 1.54) is 0 Å². The van der Waals surface area contributed by atoms with Gasteiger partial charge in [-0.2, -0.15) is 4.98 Å². The number of hydrogen-bond acceptors (Lipinski definition) is 6. The molecular formula is C21H25N5O3S. The van der Waals surface area contributed by atoms with Crippen LogP contribution < -0.4 is 5.06 Å². The Balaban J connectivity index is 1.34. The van der Waals surface area contributed by atoms with Crippen molar-refractivity contribution in [1.29, 1.82) is 0 Å². The van der Waals surface area contributed by atoms with Crippen molar-refractivity contribution >= 4 is 21.4 Å². The normalized spacial score (nSPS) is 20.4. The van der Waals surface area contributed by atoms with E-state index in [0.717, 1.165) is 36.2 Å². The highest BCUT2D eigenvalue weighted by Gasteiger charge is 2.27. The van der Waals surface area contributed by atoms with Crippen LogP contribution in [-0.2, 0) is 16.4 Å². The molecule has 3 heterocycles. The Morgan fingerprint density at radius 1 is 1.07 bits per heavy atom. The molecule has 0 spiro atoms. The summed E-state index contributed by atoms with van der Waals surface area (Å²) in [7, 11) is -2.86. The van der Waals surface area contributed by atoms with Crippen molar-refractivity contribution in [2.24, 2.45) is 5.92 Å². The number of sulfone groups is 1. The number of rotatable bonds is 6. The number of pyridine rings is 1. The largest absolute Gasteiger partial charge is 0.626 e. The molecule has 0 radical (unpaired) electrons. The molecule has 0 bridgehead atoms. The maximum absolute atomic E-state index is 12.4. The average Bonchev–Trinajstić information content (AvgIpc) is 3.43. The third kappa shape index (κ3) is 4.24. The summed E-state index contributed by atoms with van der Waals surface area (Å²) in [6.45, 7) is 2.45. The van der Waals surface area contributed by atoms with Crippen molar-refractivity contribution < 1.29 is 13.5 Å². The summed E-state index contributed by atoms with van der Waals surface area (Å²) in [5, 5.41) is 16.9. The van der Waals surface area contributed by atoms with Crippen molar-refractivity contribution in [2.75, 3.05) is 31.1 Å². The molecule has 2 fully saturated rings. The number of fused-ring (bicyclic) bond motifs is 1. The molecule has 9 heteroatoms. The number of aromatic nitrogens is 3. The van der Waals surface area contributed by atoms with Crippen molar-refractivity contribution in [3.63, 3.8) is 0 Å². The number of quaternary nitrogens is 1. The van der Waals surface area contributed by atoms with E-state index >= 15 is 0 Å². The molecule has 8 nitrogen and oxygen atoms in total. The van der Waals surface area contributed by atoms with E-state index < -0.39 is 9.84 Å².